The summed E-state index contributed by atoms with van der Waals surface area (Å²) in [7, 11) is 3.42. The van der Waals surface area contributed by atoms with Crippen molar-refractivity contribution in [3.8, 4) is 11.5 Å². The predicted molar refractivity (Wildman–Crippen MR) is 108 cm³/mol. The van der Waals surface area contributed by atoms with Crippen LogP contribution in [0, 0.1) is 0 Å². The molecule has 0 saturated heterocycles. The molecule has 3 N–H and O–H groups in total. The number of alkyl halides is 3. The third kappa shape index (κ3) is 10.7. The highest BCUT2D eigenvalue weighted by Crippen LogP contribution is 2.18. The van der Waals surface area contributed by atoms with Crippen molar-refractivity contribution in [3.05, 3.63) is 59.7 Å². The molecule has 0 aromatic heterocycles. The second kappa shape index (κ2) is 13.5. The van der Waals surface area contributed by atoms with Crippen LogP contribution in [0.5, 0.6) is 11.5 Å². The smallest absolute Gasteiger partial charge is 0.430 e. The van der Waals surface area contributed by atoms with E-state index in [1.165, 1.54) is 11.1 Å². The van der Waals surface area contributed by atoms with Gasteiger partial charge in [-0.05, 0) is 54.8 Å². The van der Waals surface area contributed by atoms with Crippen LogP contribution in [-0.2, 0) is 17.9 Å². The van der Waals surface area contributed by atoms with Gasteiger partial charge in [-0.3, -0.25) is 4.90 Å². The Bertz CT molecular complexity index is 751. The summed E-state index contributed by atoms with van der Waals surface area (Å²) in [5.41, 5.74) is 6.48. The quantitative estimate of drug-likeness (QED) is 0.569. The number of unbranched alkanes of at least 4 members (excludes halogenated alkanes) is 1. The first-order valence-corrected chi connectivity index (χ1v) is 9.75. The Labute approximate surface area is 180 Å². The van der Waals surface area contributed by atoms with Gasteiger partial charge < -0.3 is 25.1 Å². The monoisotopic (exact) mass is 442 g/mol. The zero-order valence-corrected chi connectivity index (χ0v) is 17.8. The number of halogens is 3. The van der Waals surface area contributed by atoms with E-state index in [0.717, 1.165) is 50.5 Å². The number of benzene rings is 2. The van der Waals surface area contributed by atoms with Crippen LogP contribution >= 0.6 is 0 Å². The van der Waals surface area contributed by atoms with E-state index < -0.39 is 12.1 Å². The van der Waals surface area contributed by atoms with Gasteiger partial charge in [0.05, 0.1) is 20.8 Å². The first-order chi connectivity index (χ1) is 14.7. The minimum absolute atomic E-state index is 0.908. The third-order valence-corrected chi connectivity index (χ3v) is 4.29. The Balaban J connectivity index is 0.000000592. The van der Waals surface area contributed by atoms with Gasteiger partial charge in [-0.2, -0.15) is 13.2 Å². The lowest BCUT2D eigenvalue weighted by molar-refractivity contribution is -0.368. The van der Waals surface area contributed by atoms with E-state index in [0.29, 0.717) is 0 Å². The van der Waals surface area contributed by atoms with E-state index in [1.54, 1.807) is 14.2 Å². The van der Waals surface area contributed by atoms with Gasteiger partial charge in [-0.1, -0.05) is 24.3 Å². The molecule has 9 heteroatoms. The van der Waals surface area contributed by atoms with Crippen molar-refractivity contribution in [1.29, 1.82) is 0 Å². The van der Waals surface area contributed by atoms with Crippen molar-refractivity contribution in [2.24, 2.45) is 0 Å². The molecule has 0 bridgehead atoms. The summed E-state index contributed by atoms with van der Waals surface area (Å²) in [6, 6.07) is 16.6. The SMILES string of the molecule is COc1cccc(CN(CCCC[NH3+])Cc2cccc(OC)c2)c1.O=C([O-])C(F)(F)F. The maximum absolute atomic E-state index is 10.5. The van der Waals surface area contributed by atoms with E-state index >= 15 is 0 Å². The van der Waals surface area contributed by atoms with Gasteiger partial charge in [-0.15, -0.1) is 0 Å². The molecule has 0 aliphatic rings. The molecule has 0 spiro atoms. The van der Waals surface area contributed by atoms with E-state index in [1.807, 2.05) is 24.3 Å². The molecule has 0 amide bonds. The van der Waals surface area contributed by atoms with Crippen molar-refractivity contribution >= 4 is 5.97 Å². The normalized spacial score (nSPS) is 10.9. The number of methoxy groups -OCH3 is 2. The standard InChI is InChI=1S/C20H28N2O2.C2HF3O2/c1-23-19-9-5-7-17(13-19)15-22(12-4-3-11-21)16-18-8-6-10-20(14-18)24-2;3-2(4,5)1(6)7/h5-10,13-14H,3-4,11-12,15-16,21H2,1-2H3;(H,6,7). The van der Waals surface area contributed by atoms with Crippen LogP contribution < -0.4 is 20.3 Å². The third-order valence-electron chi connectivity index (χ3n) is 4.29. The van der Waals surface area contributed by atoms with Gasteiger partial charge in [0.1, 0.15) is 17.5 Å². The molecule has 0 aliphatic heterocycles. The maximum atomic E-state index is 10.5. The minimum Gasteiger partial charge on any atom is -0.542 e. The Kier molecular flexibility index (Phi) is 11.4. The number of nitrogens with zero attached hydrogens (tertiary/aromatic N) is 1. The predicted octanol–water partition coefficient (Wildman–Crippen LogP) is 2.03. The molecule has 0 unspecified atom stereocenters. The Hall–Kier alpha value is -2.78. The van der Waals surface area contributed by atoms with Crippen LogP contribution in [0.1, 0.15) is 24.0 Å². The summed E-state index contributed by atoms with van der Waals surface area (Å²) < 4.78 is 42.2. The Morgan fingerprint density at radius 1 is 0.968 bits per heavy atom. The highest BCUT2D eigenvalue weighted by atomic mass is 19.4. The average molecular weight is 442 g/mol. The summed E-state index contributed by atoms with van der Waals surface area (Å²) in [6.07, 6.45) is -2.87. The summed E-state index contributed by atoms with van der Waals surface area (Å²) in [4.78, 5) is 11.3. The number of quaternary nitrogens is 1. The first-order valence-electron chi connectivity index (χ1n) is 9.75. The van der Waals surface area contributed by atoms with Gasteiger partial charge in [-0.25, -0.2) is 0 Å². The second-order valence-corrected chi connectivity index (χ2v) is 6.76. The van der Waals surface area contributed by atoms with E-state index in [-0.39, 0.29) is 0 Å². The molecule has 172 valence electrons. The van der Waals surface area contributed by atoms with Gasteiger partial charge in [0.15, 0.2) is 0 Å². The fourth-order valence-electron chi connectivity index (χ4n) is 2.78. The lowest BCUT2D eigenvalue weighted by Crippen LogP contribution is -2.50. The number of aliphatic carboxylic acids is 1. The van der Waals surface area contributed by atoms with Crippen LogP contribution in [0.4, 0.5) is 13.2 Å². The van der Waals surface area contributed by atoms with E-state index in [9.17, 15) is 13.2 Å². The molecule has 2 rings (SSSR count). The lowest BCUT2D eigenvalue weighted by atomic mass is 10.1. The van der Waals surface area contributed by atoms with Crippen LogP contribution in [0.25, 0.3) is 0 Å². The molecule has 0 aliphatic carbocycles. The van der Waals surface area contributed by atoms with Gasteiger partial charge >= 0.3 is 6.18 Å². The van der Waals surface area contributed by atoms with Crippen molar-refractivity contribution in [2.75, 3.05) is 27.3 Å². The average Bonchev–Trinajstić information content (AvgIpc) is 2.74. The Morgan fingerprint density at radius 3 is 1.77 bits per heavy atom. The number of carbonyl (C=O) groups is 1. The molecular formula is C22H29F3N2O4. The molecule has 0 saturated carbocycles. The molecule has 6 nitrogen and oxygen atoms in total. The number of carboxylic acid groups (broad SMARTS) is 1. The zero-order chi connectivity index (χ0) is 23.3. The fourth-order valence-corrected chi connectivity index (χ4v) is 2.78. The number of hydrogen-bond donors (Lipinski definition) is 1. The summed E-state index contributed by atoms with van der Waals surface area (Å²) in [6.45, 7) is 3.87. The highest BCUT2D eigenvalue weighted by Gasteiger charge is 2.28. The molecule has 31 heavy (non-hydrogen) atoms. The van der Waals surface area contributed by atoms with Crippen molar-refractivity contribution < 1.29 is 38.3 Å². The lowest BCUT2D eigenvalue weighted by Gasteiger charge is -2.23. The van der Waals surface area contributed by atoms with Crippen LogP contribution in [0.3, 0.4) is 0 Å². The van der Waals surface area contributed by atoms with Crippen molar-refractivity contribution in [3.63, 3.8) is 0 Å². The van der Waals surface area contributed by atoms with Gasteiger partial charge in [0.2, 0.25) is 0 Å². The molecule has 0 fully saturated rings. The minimum atomic E-state index is -5.19. The van der Waals surface area contributed by atoms with E-state index in [2.05, 4.69) is 34.9 Å². The second-order valence-electron chi connectivity index (χ2n) is 6.76. The largest absolute Gasteiger partial charge is 0.542 e. The molecule has 2 aromatic carbocycles. The van der Waals surface area contributed by atoms with Gasteiger partial charge in [0.25, 0.3) is 0 Å². The van der Waals surface area contributed by atoms with Gasteiger partial charge in [0, 0.05) is 13.1 Å². The highest BCUT2D eigenvalue weighted by molar-refractivity contribution is 5.70. The first kappa shape index (κ1) is 26.3. The summed E-state index contributed by atoms with van der Waals surface area (Å²) in [5, 5.41) is 8.78. The molecule has 0 atom stereocenters. The molecule has 0 heterocycles. The molecule has 0 radical (unpaired) electrons. The molecular weight excluding hydrogens is 413 g/mol. The summed E-state index contributed by atoms with van der Waals surface area (Å²) in [5.74, 6) is -1.19. The topological polar surface area (TPSA) is 89.5 Å². The Morgan fingerprint density at radius 2 is 1.42 bits per heavy atom. The van der Waals surface area contributed by atoms with Crippen molar-refractivity contribution in [1.82, 2.24) is 4.90 Å². The number of carboxylic acids is 1. The number of hydrogen-bond acceptors (Lipinski definition) is 5. The fraction of sp³-hybridized carbons (Fsp3) is 0.409. The number of rotatable bonds is 10. The number of ether oxygens (including phenoxy) is 2. The maximum Gasteiger partial charge on any atom is 0.430 e. The number of carbonyl (C=O) groups excluding carboxylic acids is 1. The zero-order valence-electron chi connectivity index (χ0n) is 17.8. The van der Waals surface area contributed by atoms with Crippen molar-refractivity contribution in [2.45, 2.75) is 32.1 Å². The summed E-state index contributed by atoms with van der Waals surface area (Å²) >= 11 is 0. The van der Waals surface area contributed by atoms with Crippen LogP contribution in [0.15, 0.2) is 48.5 Å². The van der Waals surface area contributed by atoms with Crippen LogP contribution in [-0.4, -0.2) is 44.4 Å². The van der Waals surface area contributed by atoms with E-state index in [4.69, 9.17) is 19.4 Å². The van der Waals surface area contributed by atoms with Crippen LogP contribution in [0.2, 0.25) is 0 Å². The molecule has 2 aromatic rings.